The van der Waals surface area contributed by atoms with Gasteiger partial charge in [-0.1, -0.05) is 6.07 Å². The van der Waals surface area contributed by atoms with Crippen LogP contribution in [0.4, 0.5) is 5.69 Å². The first-order valence-corrected chi connectivity index (χ1v) is 10.9. The molecule has 2 fully saturated rings. The maximum absolute atomic E-state index is 5.97. The Hall–Kier alpha value is -2.18. The number of piperidine rings is 1. The van der Waals surface area contributed by atoms with Gasteiger partial charge < -0.3 is 19.7 Å². The Kier molecular flexibility index (Phi) is 7.32. The number of hydrogen-bond donors (Lipinski definition) is 1. The van der Waals surface area contributed by atoms with Gasteiger partial charge >= 0.3 is 0 Å². The summed E-state index contributed by atoms with van der Waals surface area (Å²) in [5, 5.41) is 3.47. The third-order valence-electron chi connectivity index (χ3n) is 5.95. The third-order valence-corrected chi connectivity index (χ3v) is 5.95. The molecular formula is C23H32N4O2. The summed E-state index contributed by atoms with van der Waals surface area (Å²) in [5.74, 6) is 1.61. The van der Waals surface area contributed by atoms with Crippen LogP contribution in [0.1, 0.15) is 37.7 Å². The van der Waals surface area contributed by atoms with Crippen LogP contribution in [0.15, 0.2) is 43.0 Å². The van der Waals surface area contributed by atoms with Gasteiger partial charge in [0.15, 0.2) is 0 Å². The molecule has 4 rings (SSSR count). The van der Waals surface area contributed by atoms with Gasteiger partial charge in [-0.3, -0.25) is 9.97 Å². The molecular weight excluding hydrogens is 364 g/mol. The molecule has 1 N–H and O–H groups in total. The van der Waals surface area contributed by atoms with Crippen LogP contribution in [-0.2, 0) is 11.3 Å². The summed E-state index contributed by atoms with van der Waals surface area (Å²) in [4.78, 5) is 11.0. The smallest absolute Gasteiger partial charge is 0.139 e. The van der Waals surface area contributed by atoms with E-state index in [0.29, 0.717) is 12.6 Å². The molecule has 2 aliphatic heterocycles. The summed E-state index contributed by atoms with van der Waals surface area (Å²) in [7, 11) is 0. The number of nitrogens with zero attached hydrogens (tertiary/aromatic N) is 3. The summed E-state index contributed by atoms with van der Waals surface area (Å²) in [6.07, 6.45) is 13.4. The minimum absolute atomic E-state index is 0.481. The zero-order valence-corrected chi connectivity index (χ0v) is 17.1. The first-order chi connectivity index (χ1) is 14.4. The molecule has 2 aromatic rings. The number of hydrogen-bond acceptors (Lipinski definition) is 6. The van der Waals surface area contributed by atoms with E-state index in [1.54, 1.807) is 6.20 Å². The normalized spacial score (nSPS) is 20.1. The van der Waals surface area contributed by atoms with Gasteiger partial charge in [0, 0.05) is 44.2 Å². The van der Waals surface area contributed by atoms with Gasteiger partial charge in [-0.05, 0) is 56.2 Å². The largest absolute Gasteiger partial charge is 0.490 e. The van der Waals surface area contributed by atoms with E-state index in [2.05, 4.69) is 32.3 Å². The summed E-state index contributed by atoms with van der Waals surface area (Å²) in [6, 6.07) is 6.63. The van der Waals surface area contributed by atoms with Crippen LogP contribution in [0.25, 0.3) is 0 Å². The molecule has 6 heteroatoms. The van der Waals surface area contributed by atoms with Crippen molar-refractivity contribution in [2.75, 3.05) is 37.7 Å². The fourth-order valence-electron chi connectivity index (χ4n) is 4.16. The molecule has 4 heterocycles. The molecule has 0 spiro atoms. The molecule has 0 aliphatic carbocycles. The average molecular weight is 397 g/mol. The van der Waals surface area contributed by atoms with E-state index in [-0.39, 0.29) is 0 Å². The lowest BCUT2D eigenvalue weighted by atomic mass is 9.94. The highest BCUT2D eigenvalue weighted by Gasteiger charge is 2.20. The van der Waals surface area contributed by atoms with Crippen LogP contribution >= 0.6 is 0 Å². The minimum Gasteiger partial charge on any atom is -0.490 e. The number of nitrogens with one attached hydrogen (secondary N) is 1. The fourth-order valence-corrected chi connectivity index (χ4v) is 4.16. The van der Waals surface area contributed by atoms with Gasteiger partial charge in [0.25, 0.3) is 0 Å². The highest BCUT2D eigenvalue weighted by Crippen LogP contribution is 2.27. The second kappa shape index (κ2) is 10.6. The Balaban J connectivity index is 1.16. The van der Waals surface area contributed by atoms with E-state index in [0.717, 1.165) is 56.5 Å². The van der Waals surface area contributed by atoms with Gasteiger partial charge in [0.1, 0.15) is 12.4 Å². The second-order valence-electron chi connectivity index (χ2n) is 8.12. The minimum atomic E-state index is 0.481. The summed E-state index contributed by atoms with van der Waals surface area (Å²) >= 11 is 0. The molecule has 0 radical (unpaired) electrons. The predicted octanol–water partition coefficient (Wildman–Crippen LogP) is 3.43. The number of ether oxygens (including phenoxy) is 2. The van der Waals surface area contributed by atoms with Crippen LogP contribution in [0.3, 0.4) is 0 Å². The Morgan fingerprint density at radius 3 is 2.83 bits per heavy atom. The topological polar surface area (TPSA) is 59.5 Å². The standard InChI is InChI=1S/C23H32N4O2/c1-3-20(14-24-8-1)17-28-12-7-19-5-10-27(11-6-19)22-13-23(16-25-15-22)29-18-21-4-2-9-26-21/h1,3,8,13-16,19,21,26H,2,4-7,9-12,17-18H2/t21-/m0/s1. The highest BCUT2D eigenvalue weighted by molar-refractivity contribution is 5.48. The zero-order valence-electron chi connectivity index (χ0n) is 17.1. The maximum atomic E-state index is 5.97. The van der Waals surface area contributed by atoms with E-state index < -0.39 is 0 Å². The van der Waals surface area contributed by atoms with Crippen molar-refractivity contribution in [1.29, 1.82) is 0 Å². The Bertz CT molecular complexity index is 729. The third kappa shape index (κ3) is 6.15. The van der Waals surface area contributed by atoms with Crippen molar-refractivity contribution in [3.8, 4) is 5.75 Å². The van der Waals surface area contributed by atoms with E-state index in [1.807, 2.05) is 24.7 Å². The molecule has 29 heavy (non-hydrogen) atoms. The van der Waals surface area contributed by atoms with Crippen molar-refractivity contribution in [2.24, 2.45) is 5.92 Å². The van der Waals surface area contributed by atoms with Gasteiger partial charge in [0.2, 0.25) is 0 Å². The van der Waals surface area contributed by atoms with Crippen LogP contribution < -0.4 is 15.0 Å². The Morgan fingerprint density at radius 1 is 1.10 bits per heavy atom. The molecule has 0 unspecified atom stereocenters. The quantitative estimate of drug-likeness (QED) is 0.656. The maximum Gasteiger partial charge on any atom is 0.139 e. The van der Waals surface area contributed by atoms with Gasteiger partial charge in [-0.2, -0.15) is 0 Å². The molecule has 2 aliphatic rings. The number of anilines is 1. The summed E-state index contributed by atoms with van der Waals surface area (Å²) < 4.78 is 11.8. The van der Waals surface area contributed by atoms with Crippen LogP contribution in [0.2, 0.25) is 0 Å². The van der Waals surface area contributed by atoms with Crippen LogP contribution in [-0.4, -0.2) is 48.9 Å². The fraction of sp³-hybridized carbons (Fsp3) is 0.565. The lowest BCUT2D eigenvalue weighted by Gasteiger charge is -2.33. The Labute approximate surface area is 173 Å². The van der Waals surface area contributed by atoms with Crippen molar-refractivity contribution < 1.29 is 9.47 Å². The second-order valence-corrected chi connectivity index (χ2v) is 8.12. The molecule has 1 atom stereocenters. The van der Waals surface area contributed by atoms with E-state index in [9.17, 15) is 0 Å². The molecule has 0 amide bonds. The molecule has 6 nitrogen and oxygen atoms in total. The van der Waals surface area contributed by atoms with E-state index in [4.69, 9.17) is 9.47 Å². The van der Waals surface area contributed by atoms with Crippen LogP contribution in [0, 0.1) is 5.92 Å². The number of aromatic nitrogens is 2. The van der Waals surface area contributed by atoms with Crippen molar-refractivity contribution >= 4 is 5.69 Å². The zero-order chi connectivity index (χ0) is 19.7. The monoisotopic (exact) mass is 396 g/mol. The van der Waals surface area contributed by atoms with E-state index in [1.165, 1.54) is 31.4 Å². The van der Waals surface area contributed by atoms with Crippen molar-refractivity contribution in [3.05, 3.63) is 48.5 Å². The van der Waals surface area contributed by atoms with Crippen LogP contribution in [0.5, 0.6) is 5.75 Å². The SMILES string of the molecule is c1cncc(COCCC2CCN(c3cncc(OC[C@@H]4CCCN4)c3)CC2)c1. The first-order valence-electron chi connectivity index (χ1n) is 10.9. The van der Waals surface area contributed by atoms with Gasteiger partial charge in [0.05, 0.1) is 24.7 Å². The van der Waals surface area contributed by atoms with Gasteiger partial charge in [-0.15, -0.1) is 0 Å². The molecule has 0 aromatic carbocycles. The number of pyridine rings is 2. The molecule has 2 aromatic heterocycles. The number of rotatable bonds is 9. The van der Waals surface area contributed by atoms with E-state index >= 15 is 0 Å². The molecule has 0 saturated carbocycles. The first kappa shape index (κ1) is 20.1. The molecule has 156 valence electrons. The molecule has 2 saturated heterocycles. The average Bonchev–Trinajstić information content (AvgIpc) is 3.30. The highest BCUT2D eigenvalue weighted by atomic mass is 16.5. The summed E-state index contributed by atoms with van der Waals surface area (Å²) in [5.41, 5.74) is 2.31. The molecule has 0 bridgehead atoms. The van der Waals surface area contributed by atoms with Crippen molar-refractivity contribution in [3.63, 3.8) is 0 Å². The van der Waals surface area contributed by atoms with Crippen molar-refractivity contribution in [1.82, 2.24) is 15.3 Å². The lowest BCUT2D eigenvalue weighted by molar-refractivity contribution is 0.103. The van der Waals surface area contributed by atoms with Crippen molar-refractivity contribution in [2.45, 2.75) is 44.8 Å². The Morgan fingerprint density at radius 2 is 2.03 bits per heavy atom. The summed E-state index contributed by atoms with van der Waals surface area (Å²) in [6.45, 7) is 5.45. The lowest BCUT2D eigenvalue weighted by Crippen LogP contribution is -2.34. The predicted molar refractivity (Wildman–Crippen MR) is 114 cm³/mol. The van der Waals surface area contributed by atoms with Gasteiger partial charge in [-0.25, -0.2) is 0 Å².